The summed E-state index contributed by atoms with van der Waals surface area (Å²) in [6, 6.07) is 7.21. The molecule has 0 fully saturated rings. The number of rotatable bonds is 15. The largest absolute Gasteiger partial charge is 0.618 e. The lowest BCUT2D eigenvalue weighted by atomic mass is 10.0. The molecule has 3 rings (SSSR count). The summed E-state index contributed by atoms with van der Waals surface area (Å²) in [5, 5.41) is 23.1. The zero-order valence-corrected chi connectivity index (χ0v) is 26.7. The van der Waals surface area contributed by atoms with Gasteiger partial charge in [0.1, 0.15) is 25.1 Å². The van der Waals surface area contributed by atoms with Crippen molar-refractivity contribution in [3.63, 3.8) is 0 Å². The number of para-hydroxylation sites is 1. The van der Waals surface area contributed by atoms with Crippen LogP contribution in [0.4, 0.5) is 16.2 Å². The maximum atomic E-state index is 12.9. The molecule has 0 bridgehead atoms. The molecule has 1 aliphatic heterocycles. The average molecular weight is 609 g/mol. The zero-order valence-electron chi connectivity index (χ0n) is 25.8. The number of hydroxylamine groups is 2. The first kappa shape index (κ1) is 33.7. The van der Waals surface area contributed by atoms with E-state index in [4.69, 9.17) is 14.6 Å². The molecule has 1 aliphatic rings. The van der Waals surface area contributed by atoms with Gasteiger partial charge in [-0.1, -0.05) is 29.6 Å². The molecule has 1 atom stereocenters. The fourth-order valence-corrected chi connectivity index (χ4v) is 6.56. The topological polar surface area (TPSA) is 144 Å². The van der Waals surface area contributed by atoms with Gasteiger partial charge in [-0.15, -0.1) is 0 Å². The van der Waals surface area contributed by atoms with E-state index in [-0.39, 0.29) is 17.8 Å². The van der Waals surface area contributed by atoms with Gasteiger partial charge in [0.05, 0.1) is 11.8 Å². The number of benzene rings is 1. The smallest absolute Gasteiger partial charge is 0.407 e. The van der Waals surface area contributed by atoms with Crippen LogP contribution < -0.4 is 14.1 Å². The van der Waals surface area contributed by atoms with Crippen LogP contribution in [0.15, 0.2) is 35.5 Å². The predicted octanol–water partition coefficient (Wildman–Crippen LogP) is 4.46. The Labute approximate surface area is 249 Å². The number of carboxylic acid groups (broad SMARTS) is 1. The van der Waals surface area contributed by atoms with Crippen molar-refractivity contribution in [3.8, 4) is 0 Å². The number of aliphatic imine (C=N–C) groups is 1. The first-order valence-electron chi connectivity index (χ1n) is 14.3. The highest BCUT2D eigenvalue weighted by Crippen LogP contribution is 2.46. The first-order chi connectivity index (χ1) is 19.5. The van der Waals surface area contributed by atoms with E-state index in [1.807, 2.05) is 39.8 Å². The van der Waals surface area contributed by atoms with Crippen LogP contribution in [0.25, 0.3) is 10.9 Å². The van der Waals surface area contributed by atoms with Gasteiger partial charge < -0.3 is 20.0 Å². The van der Waals surface area contributed by atoms with Crippen molar-refractivity contribution in [1.29, 1.82) is 0 Å². The fourth-order valence-electron chi connectivity index (χ4n) is 5.50. The molecule has 0 radical (unpaired) electrons. The molecule has 234 valence electrons. The second kappa shape index (κ2) is 13.2. The van der Waals surface area contributed by atoms with E-state index in [0.717, 1.165) is 30.2 Å². The van der Waals surface area contributed by atoms with E-state index in [9.17, 15) is 23.5 Å². The second-order valence-corrected chi connectivity index (χ2v) is 14.1. The molecule has 1 aromatic heterocycles. The van der Waals surface area contributed by atoms with Gasteiger partial charge in [0.15, 0.2) is 5.69 Å². The number of hydrogen-bond donors (Lipinski definition) is 2. The third-order valence-electron chi connectivity index (χ3n) is 7.05. The lowest BCUT2D eigenvalue weighted by Crippen LogP contribution is -2.63. The number of amidine groups is 1. The van der Waals surface area contributed by atoms with Crippen LogP contribution in [-0.4, -0.2) is 80.6 Å². The number of ether oxygens (including phenoxy) is 1. The highest BCUT2D eigenvalue weighted by atomic mass is 32.2. The lowest BCUT2D eigenvalue weighted by Gasteiger charge is -2.38. The summed E-state index contributed by atoms with van der Waals surface area (Å²) in [5.74, 6) is 0.522. The second-order valence-electron chi connectivity index (χ2n) is 12.4. The third kappa shape index (κ3) is 8.16. The molecule has 1 aromatic carbocycles. The van der Waals surface area contributed by atoms with Crippen LogP contribution >= 0.6 is 0 Å². The molecule has 0 saturated heterocycles. The predicted molar refractivity (Wildman–Crippen MR) is 164 cm³/mol. The molecule has 12 nitrogen and oxygen atoms in total. The Bertz CT molecular complexity index is 1410. The quantitative estimate of drug-likeness (QED) is 0.131. The third-order valence-corrected chi connectivity index (χ3v) is 7.97. The van der Waals surface area contributed by atoms with Gasteiger partial charge in [-0.3, -0.25) is 0 Å². The van der Waals surface area contributed by atoms with Crippen molar-refractivity contribution < 1.29 is 32.6 Å². The van der Waals surface area contributed by atoms with Crippen molar-refractivity contribution in [2.75, 3.05) is 39.2 Å². The summed E-state index contributed by atoms with van der Waals surface area (Å²) in [4.78, 5) is 24.6. The van der Waals surface area contributed by atoms with E-state index in [0.29, 0.717) is 54.3 Å². The Morgan fingerprint density at radius 2 is 1.81 bits per heavy atom. The Hall–Kier alpha value is -2.84. The fraction of sp³-hybridized carbons (Fsp3) is 0.621. The molecule has 0 aliphatic carbocycles. The number of nitrogens with zero attached hydrogens (tertiary/aromatic N) is 4. The van der Waals surface area contributed by atoms with E-state index in [1.165, 1.54) is 11.1 Å². The van der Waals surface area contributed by atoms with Crippen molar-refractivity contribution >= 4 is 44.2 Å². The first-order valence-corrected chi connectivity index (χ1v) is 16.2. The molecule has 1 amide bonds. The summed E-state index contributed by atoms with van der Waals surface area (Å²) in [7, 11) is -3.56. The highest BCUT2D eigenvalue weighted by Gasteiger charge is 2.53. The highest BCUT2D eigenvalue weighted by molar-refractivity contribution is 7.88. The Kier molecular flexibility index (Phi) is 10.6. The van der Waals surface area contributed by atoms with Gasteiger partial charge in [0.2, 0.25) is 27.4 Å². The minimum Gasteiger partial charge on any atom is -0.618 e. The summed E-state index contributed by atoms with van der Waals surface area (Å²) in [5.41, 5.74) is 0.135. The number of fused-ring (bicyclic) bond motifs is 3. The van der Waals surface area contributed by atoms with Crippen molar-refractivity contribution in [1.82, 2.24) is 14.3 Å². The van der Waals surface area contributed by atoms with Crippen molar-refractivity contribution in [2.45, 2.75) is 78.3 Å². The number of carbonyl (C=O) groups is 1. The normalized spacial score (nSPS) is 17.4. The summed E-state index contributed by atoms with van der Waals surface area (Å²) in [6.07, 6.45) is 4.66. The Morgan fingerprint density at radius 1 is 1.14 bits per heavy atom. The molecule has 2 N–H and O–H groups in total. The average Bonchev–Trinajstić information content (AvgIpc) is 3.13. The maximum Gasteiger partial charge on any atom is 0.407 e. The van der Waals surface area contributed by atoms with Gasteiger partial charge in [-0.25, -0.2) is 17.9 Å². The molecular weight excluding hydrogens is 562 g/mol. The molecule has 2 aromatic rings. The van der Waals surface area contributed by atoms with Crippen LogP contribution in [0.3, 0.4) is 0 Å². The van der Waals surface area contributed by atoms with Gasteiger partial charge in [-0.2, -0.15) is 14.6 Å². The molecule has 0 spiro atoms. The minimum atomic E-state index is -3.56. The van der Waals surface area contributed by atoms with Crippen LogP contribution in [0.1, 0.15) is 67.2 Å². The van der Waals surface area contributed by atoms with Crippen LogP contribution in [0.5, 0.6) is 0 Å². The minimum absolute atomic E-state index is 0.130. The number of hydrogen-bond acceptors (Lipinski definition) is 7. The summed E-state index contributed by atoms with van der Waals surface area (Å²) < 4.78 is 33.7. The van der Waals surface area contributed by atoms with Crippen LogP contribution in [-0.2, 0) is 19.6 Å². The summed E-state index contributed by atoms with van der Waals surface area (Å²) in [6.45, 7) is 12.6. The van der Waals surface area contributed by atoms with E-state index in [1.54, 1.807) is 26.0 Å². The molecular formula is C29H46N5O7S+. The molecule has 2 heterocycles. The molecule has 13 heteroatoms. The Balaban J connectivity index is 1.91. The number of aromatic nitrogens is 1. The Morgan fingerprint density at radius 3 is 2.43 bits per heavy atom. The number of quaternary nitrogens is 1. The van der Waals surface area contributed by atoms with Crippen LogP contribution in [0.2, 0.25) is 0 Å². The monoisotopic (exact) mass is 608 g/mol. The van der Waals surface area contributed by atoms with E-state index < -0.39 is 27.2 Å². The molecule has 42 heavy (non-hydrogen) atoms. The van der Waals surface area contributed by atoms with Gasteiger partial charge in [-0.05, 0) is 60.5 Å². The lowest BCUT2D eigenvalue weighted by molar-refractivity contribution is -0.576. The molecule has 1 unspecified atom stereocenters. The number of unbranched alkanes of at least 4 members (excludes halogenated alkanes) is 3. The van der Waals surface area contributed by atoms with E-state index >= 15 is 0 Å². The number of nitrogens with one attached hydrogen (secondary N) is 1. The van der Waals surface area contributed by atoms with Gasteiger partial charge in [0, 0.05) is 24.8 Å². The van der Waals surface area contributed by atoms with E-state index in [2.05, 4.69) is 4.72 Å². The van der Waals surface area contributed by atoms with Gasteiger partial charge in [0.25, 0.3) is 5.84 Å². The van der Waals surface area contributed by atoms with Crippen LogP contribution in [0, 0.1) is 5.21 Å². The SMILES string of the molecule is CCOCC1=Nc2c[n+]([O-])c3ccccc3c2[N+]1(CC(C)(C)NS(C)(=O)=O)OCCCCCCN(C(=O)O)C(C)(C)C. The molecule has 0 saturated carbocycles. The van der Waals surface area contributed by atoms with Crippen molar-refractivity contribution in [2.24, 2.45) is 4.99 Å². The standard InChI is InChI=1S/C29H45N5O7S/c1-8-40-20-25-30-23-19-33(37)24-16-12-11-15-22(24)26(23)34(25,21-29(5,6)31-42(7,38)39)41-18-14-10-9-13-17-32(27(35)36)28(2,3)4/h11-12,15-16,19,31H,8-10,13-14,17-18,20-21H2,1-7H3/p+1. The maximum absolute atomic E-state index is 12.9. The van der Waals surface area contributed by atoms with Gasteiger partial charge >= 0.3 is 6.09 Å². The number of sulfonamides is 1. The van der Waals surface area contributed by atoms with Crippen molar-refractivity contribution in [3.05, 3.63) is 35.7 Å². The number of pyridine rings is 1. The number of amides is 1. The summed E-state index contributed by atoms with van der Waals surface area (Å²) >= 11 is 0. The zero-order chi connectivity index (χ0) is 31.3.